The van der Waals surface area contributed by atoms with E-state index in [0.29, 0.717) is 33.5 Å². The number of benzene rings is 1. The lowest BCUT2D eigenvalue weighted by atomic mass is 9.97. The molecule has 0 aliphatic carbocycles. The molecule has 1 aromatic carbocycles. The zero-order chi connectivity index (χ0) is 28.8. The summed E-state index contributed by atoms with van der Waals surface area (Å²) in [6.45, 7) is 10.9. The molecule has 1 fully saturated rings. The Bertz CT molecular complexity index is 1440. The molecule has 0 bridgehead atoms. The molecule has 4 rings (SSSR count). The lowest BCUT2D eigenvalue weighted by molar-refractivity contribution is -0.138. The first-order chi connectivity index (χ1) is 18.1. The maximum Gasteiger partial charge on any atom is 0.416 e. The SMILES string of the molecule is Cc1nc(N[C@H](C)c2cccc(C(F)(F)F)c2C)c2cc(P3(=O)CCN(C(=O)OC(C)(C)C)CC3)ncc2n1. The van der Waals surface area contributed by atoms with E-state index in [-0.39, 0.29) is 31.0 Å². The number of ether oxygens (including phenoxy) is 1. The molecule has 39 heavy (non-hydrogen) atoms. The van der Waals surface area contributed by atoms with E-state index in [2.05, 4.69) is 20.3 Å². The lowest BCUT2D eigenvalue weighted by Crippen LogP contribution is -2.43. The van der Waals surface area contributed by atoms with Crippen LogP contribution >= 0.6 is 7.14 Å². The fourth-order valence-electron chi connectivity index (χ4n) is 4.71. The number of aryl methyl sites for hydroxylation is 1. The molecular formula is C27H33F3N5O3P. The molecule has 1 aliphatic heterocycles. The van der Waals surface area contributed by atoms with Gasteiger partial charge in [0.25, 0.3) is 0 Å². The minimum absolute atomic E-state index is 0.142. The highest BCUT2D eigenvalue weighted by Crippen LogP contribution is 2.46. The number of anilines is 1. The fraction of sp³-hybridized carbons (Fsp3) is 0.481. The van der Waals surface area contributed by atoms with Gasteiger partial charge in [-0.2, -0.15) is 13.2 Å². The maximum atomic E-state index is 13.9. The number of aromatic nitrogens is 3. The van der Waals surface area contributed by atoms with Crippen molar-refractivity contribution in [1.82, 2.24) is 19.9 Å². The van der Waals surface area contributed by atoms with Gasteiger partial charge in [-0.3, -0.25) is 4.98 Å². The van der Waals surface area contributed by atoms with Crippen molar-refractivity contribution in [2.75, 3.05) is 30.7 Å². The number of fused-ring (bicyclic) bond motifs is 1. The van der Waals surface area contributed by atoms with E-state index in [4.69, 9.17) is 4.74 Å². The van der Waals surface area contributed by atoms with Crippen molar-refractivity contribution in [3.63, 3.8) is 0 Å². The topological polar surface area (TPSA) is 97.3 Å². The van der Waals surface area contributed by atoms with Gasteiger partial charge in [-0.1, -0.05) is 12.1 Å². The minimum atomic E-state index is -4.45. The number of hydrogen-bond donors (Lipinski definition) is 1. The van der Waals surface area contributed by atoms with E-state index in [1.54, 1.807) is 57.8 Å². The molecule has 0 saturated carbocycles. The van der Waals surface area contributed by atoms with Crippen LogP contribution in [0.3, 0.4) is 0 Å². The summed E-state index contributed by atoms with van der Waals surface area (Å²) in [4.78, 5) is 27.4. The molecule has 1 amide bonds. The largest absolute Gasteiger partial charge is 0.444 e. The van der Waals surface area contributed by atoms with Crippen molar-refractivity contribution in [2.24, 2.45) is 0 Å². The van der Waals surface area contributed by atoms with Gasteiger partial charge in [-0.15, -0.1) is 0 Å². The van der Waals surface area contributed by atoms with Crippen LogP contribution in [0.5, 0.6) is 0 Å². The number of carbonyl (C=O) groups is 1. The number of nitrogens with zero attached hydrogens (tertiary/aromatic N) is 4. The summed E-state index contributed by atoms with van der Waals surface area (Å²) >= 11 is 0. The minimum Gasteiger partial charge on any atom is -0.444 e. The number of amides is 1. The number of nitrogens with one attached hydrogen (secondary N) is 1. The number of rotatable bonds is 4. The van der Waals surface area contributed by atoms with Gasteiger partial charge in [-0.25, -0.2) is 14.8 Å². The highest BCUT2D eigenvalue weighted by molar-refractivity contribution is 7.71. The quantitative estimate of drug-likeness (QED) is 0.385. The molecule has 12 heteroatoms. The number of halogens is 3. The van der Waals surface area contributed by atoms with E-state index in [1.807, 2.05) is 0 Å². The van der Waals surface area contributed by atoms with Crippen molar-refractivity contribution in [3.05, 3.63) is 53.0 Å². The number of hydrogen-bond acceptors (Lipinski definition) is 7. The van der Waals surface area contributed by atoms with Gasteiger partial charge in [0.05, 0.1) is 23.3 Å². The van der Waals surface area contributed by atoms with E-state index in [0.717, 1.165) is 6.07 Å². The highest BCUT2D eigenvalue weighted by atomic mass is 31.2. The Kier molecular flexibility index (Phi) is 7.69. The van der Waals surface area contributed by atoms with Gasteiger partial charge in [0.2, 0.25) is 0 Å². The Hall–Kier alpha value is -3.20. The molecule has 210 valence electrons. The molecule has 8 nitrogen and oxygen atoms in total. The van der Waals surface area contributed by atoms with Crippen LogP contribution in [0.15, 0.2) is 30.5 Å². The zero-order valence-corrected chi connectivity index (χ0v) is 23.8. The Balaban J connectivity index is 1.62. The molecule has 0 unspecified atom stereocenters. The molecule has 0 radical (unpaired) electrons. The second kappa shape index (κ2) is 10.4. The van der Waals surface area contributed by atoms with Crippen molar-refractivity contribution in [2.45, 2.75) is 59.4 Å². The average molecular weight is 564 g/mol. The Labute approximate surface area is 225 Å². The molecule has 1 saturated heterocycles. The Morgan fingerprint density at radius 3 is 2.41 bits per heavy atom. The second-order valence-electron chi connectivity index (χ2n) is 10.9. The van der Waals surface area contributed by atoms with E-state index in [1.165, 1.54) is 13.0 Å². The molecule has 2 aromatic heterocycles. The van der Waals surface area contributed by atoms with Gasteiger partial charge < -0.3 is 19.5 Å². The van der Waals surface area contributed by atoms with Crippen LogP contribution in [-0.2, 0) is 15.5 Å². The Morgan fingerprint density at radius 2 is 1.79 bits per heavy atom. The number of carbonyl (C=O) groups excluding carboxylic acids is 1. The smallest absolute Gasteiger partial charge is 0.416 e. The lowest BCUT2D eigenvalue weighted by Gasteiger charge is -2.33. The summed E-state index contributed by atoms with van der Waals surface area (Å²) in [6, 6.07) is 5.31. The summed E-state index contributed by atoms with van der Waals surface area (Å²) in [5, 5.41) is 3.82. The van der Waals surface area contributed by atoms with Crippen molar-refractivity contribution in [3.8, 4) is 0 Å². The first-order valence-electron chi connectivity index (χ1n) is 12.7. The monoisotopic (exact) mass is 563 g/mol. The molecule has 3 aromatic rings. The summed E-state index contributed by atoms with van der Waals surface area (Å²) in [5.74, 6) is 0.884. The van der Waals surface area contributed by atoms with Crippen molar-refractivity contribution in [1.29, 1.82) is 0 Å². The summed E-state index contributed by atoms with van der Waals surface area (Å²) in [6.07, 6.45) is -2.82. The third kappa shape index (κ3) is 6.35. The van der Waals surface area contributed by atoms with Gasteiger partial charge in [-0.05, 0) is 64.8 Å². The highest BCUT2D eigenvalue weighted by Gasteiger charge is 2.36. The predicted octanol–water partition coefficient (Wildman–Crippen LogP) is 6.07. The van der Waals surface area contributed by atoms with Crippen molar-refractivity contribution < 1.29 is 27.3 Å². The number of alkyl halides is 3. The average Bonchev–Trinajstić information content (AvgIpc) is 2.82. The molecule has 3 heterocycles. The van der Waals surface area contributed by atoms with Crippen LogP contribution in [0.2, 0.25) is 0 Å². The van der Waals surface area contributed by atoms with E-state index >= 15 is 0 Å². The van der Waals surface area contributed by atoms with Crippen LogP contribution in [-0.4, -0.2) is 57.0 Å². The van der Waals surface area contributed by atoms with Gasteiger partial charge in [0.15, 0.2) is 0 Å². The van der Waals surface area contributed by atoms with E-state index in [9.17, 15) is 22.5 Å². The molecular weight excluding hydrogens is 530 g/mol. The van der Waals surface area contributed by atoms with E-state index < -0.39 is 36.6 Å². The van der Waals surface area contributed by atoms with Crippen LogP contribution < -0.4 is 10.8 Å². The van der Waals surface area contributed by atoms with Gasteiger partial charge in [0.1, 0.15) is 29.8 Å². The standard InChI is InChI=1S/C27H33F3N5O3P/c1-16-19(8-7-9-21(16)27(28,29)30)17(2)32-24-20-14-23(31-15-22(20)33-18(3)34-24)39(37)12-10-35(11-13-39)25(36)38-26(4,5)6/h7-9,14-15,17H,10-13H2,1-6H3,(H,32,33,34)/t17-/m1/s1. The first-order valence-corrected chi connectivity index (χ1v) is 14.8. The first kappa shape index (κ1) is 28.8. The Morgan fingerprint density at radius 1 is 1.13 bits per heavy atom. The summed E-state index contributed by atoms with van der Waals surface area (Å²) in [7, 11) is -2.92. The van der Waals surface area contributed by atoms with Crippen LogP contribution in [0.4, 0.5) is 23.8 Å². The van der Waals surface area contributed by atoms with Gasteiger partial charge in [0, 0.05) is 30.8 Å². The molecule has 1 aliphatic rings. The molecule has 0 spiro atoms. The third-order valence-corrected chi connectivity index (χ3v) is 9.64. The fourth-order valence-corrected chi connectivity index (χ4v) is 7.15. The predicted molar refractivity (Wildman–Crippen MR) is 145 cm³/mol. The molecule has 1 N–H and O–H groups in total. The van der Waals surface area contributed by atoms with Crippen LogP contribution in [0.25, 0.3) is 10.9 Å². The van der Waals surface area contributed by atoms with Crippen molar-refractivity contribution >= 4 is 35.4 Å². The molecule has 1 atom stereocenters. The maximum absolute atomic E-state index is 13.9. The normalized spacial score (nSPS) is 16.7. The van der Waals surface area contributed by atoms with Gasteiger partial charge >= 0.3 is 12.3 Å². The number of pyridine rings is 1. The third-order valence-electron chi connectivity index (χ3n) is 6.71. The second-order valence-corrected chi connectivity index (χ2v) is 14.0. The van der Waals surface area contributed by atoms with Crippen LogP contribution in [0, 0.1) is 13.8 Å². The van der Waals surface area contributed by atoms with Crippen LogP contribution in [0.1, 0.15) is 56.3 Å². The zero-order valence-electron chi connectivity index (χ0n) is 22.9. The summed E-state index contributed by atoms with van der Waals surface area (Å²) < 4.78 is 59.8. The summed E-state index contributed by atoms with van der Waals surface area (Å²) in [5.41, 5.74) is 0.274.